The van der Waals surface area contributed by atoms with Crippen LogP contribution in [0.4, 0.5) is 0 Å². The molecule has 0 aromatic rings. The molecule has 0 aromatic heterocycles. The smallest absolute Gasteiger partial charge is 0.312 e. The monoisotopic (exact) mass is 168 g/mol. The first-order valence-electron chi connectivity index (χ1n) is 4.54. The lowest BCUT2D eigenvalue weighted by molar-refractivity contribution is -0.144. The van der Waals surface area contributed by atoms with E-state index in [4.69, 9.17) is 0 Å². The minimum Gasteiger partial charge on any atom is -0.469 e. The Labute approximate surface area is 73.6 Å². The van der Waals surface area contributed by atoms with Crippen molar-refractivity contribution in [2.45, 2.75) is 26.2 Å². The average molecular weight is 168 g/mol. The largest absolute Gasteiger partial charge is 0.469 e. The molecule has 0 saturated carbocycles. The quantitative estimate of drug-likeness (QED) is 0.466. The van der Waals surface area contributed by atoms with Gasteiger partial charge in [0.15, 0.2) is 0 Å². The van der Waals surface area contributed by atoms with E-state index in [1.165, 1.54) is 13.5 Å². The summed E-state index contributed by atoms with van der Waals surface area (Å²) in [6.45, 7) is 2.17. The Balaban J connectivity index is 2.47. The van der Waals surface area contributed by atoms with Gasteiger partial charge in [-0.25, -0.2) is 0 Å². The van der Waals surface area contributed by atoms with E-state index in [-0.39, 0.29) is 11.9 Å². The Morgan fingerprint density at radius 3 is 2.67 bits per heavy atom. The van der Waals surface area contributed by atoms with Crippen molar-refractivity contribution in [2.75, 3.05) is 7.11 Å². The highest BCUT2D eigenvalue weighted by atomic mass is 16.5. The van der Waals surface area contributed by atoms with Gasteiger partial charge in [0.05, 0.1) is 13.0 Å². The van der Waals surface area contributed by atoms with Crippen LogP contribution in [-0.4, -0.2) is 13.1 Å². The first-order chi connectivity index (χ1) is 5.77. The Morgan fingerprint density at radius 2 is 2.25 bits per heavy atom. The van der Waals surface area contributed by atoms with Crippen LogP contribution in [0.3, 0.4) is 0 Å². The molecule has 2 heteroatoms. The van der Waals surface area contributed by atoms with Gasteiger partial charge in [-0.05, 0) is 25.2 Å². The lowest BCUT2D eigenvalue weighted by Gasteiger charge is -2.19. The second kappa shape index (κ2) is 4.29. The number of esters is 1. The molecular formula is C10H16O2. The number of methoxy groups -OCH3 is 1. The highest BCUT2D eigenvalue weighted by Gasteiger charge is 2.20. The topological polar surface area (TPSA) is 26.3 Å². The number of rotatable bonds is 2. The van der Waals surface area contributed by atoms with Crippen molar-refractivity contribution < 1.29 is 9.53 Å². The van der Waals surface area contributed by atoms with Crippen molar-refractivity contribution in [3.05, 3.63) is 12.2 Å². The maximum Gasteiger partial charge on any atom is 0.312 e. The highest BCUT2D eigenvalue weighted by molar-refractivity contribution is 5.74. The van der Waals surface area contributed by atoms with Gasteiger partial charge in [0.25, 0.3) is 0 Å². The van der Waals surface area contributed by atoms with E-state index in [1.807, 2.05) is 6.08 Å². The predicted molar refractivity (Wildman–Crippen MR) is 47.7 cm³/mol. The summed E-state index contributed by atoms with van der Waals surface area (Å²) in [4.78, 5) is 11.1. The SMILES string of the molecule is CCC1C=CC(C(=O)OC)CC1. The van der Waals surface area contributed by atoms with E-state index in [2.05, 4.69) is 17.7 Å². The molecule has 0 radical (unpaired) electrons. The van der Waals surface area contributed by atoms with Crippen molar-refractivity contribution in [1.82, 2.24) is 0 Å². The lowest BCUT2D eigenvalue weighted by Crippen LogP contribution is -2.18. The molecular weight excluding hydrogens is 152 g/mol. The summed E-state index contributed by atoms with van der Waals surface area (Å²) in [7, 11) is 1.45. The second-order valence-corrected chi connectivity index (χ2v) is 3.26. The van der Waals surface area contributed by atoms with E-state index in [9.17, 15) is 4.79 Å². The molecule has 68 valence electrons. The van der Waals surface area contributed by atoms with Crippen molar-refractivity contribution in [2.24, 2.45) is 11.8 Å². The van der Waals surface area contributed by atoms with Crippen LogP contribution in [0, 0.1) is 11.8 Å². The molecule has 0 aliphatic heterocycles. The van der Waals surface area contributed by atoms with Crippen molar-refractivity contribution >= 4 is 5.97 Å². The Kier molecular flexibility index (Phi) is 3.32. The number of carbonyl (C=O) groups is 1. The van der Waals surface area contributed by atoms with E-state index >= 15 is 0 Å². The minimum atomic E-state index is -0.0965. The summed E-state index contributed by atoms with van der Waals surface area (Å²) in [5.74, 6) is 0.588. The molecule has 12 heavy (non-hydrogen) atoms. The third-order valence-corrected chi connectivity index (χ3v) is 2.49. The van der Waals surface area contributed by atoms with Gasteiger partial charge in [-0.1, -0.05) is 19.1 Å². The third-order valence-electron chi connectivity index (χ3n) is 2.49. The predicted octanol–water partition coefficient (Wildman–Crippen LogP) is 2.15. The summed E-state index contributed by atoms with van der Waals surface area (Å²) < 4.78 is 4.67. The highest BCUT2D eigenvalue weighted by Crippen LogP contribution is 2.24. The van der Waals surface area contributed by atoms with Gasteiger partial charge in [0, 0.05) is 0 Å². The van der Waals surface area contributed by atoms with Crippen LogP contribution in [0.2, 0.25) is 0 Å². The Bertz CT molecular complexity index is 184. The maximum atomic E-state index is 11.1. The normalized spacial score (nSPS) is 28.5. The number of hydrogen-bond acceptors (Lipinski definition) is 2. The molecule has 0 aromatic carbocycles. The zero-order valence-corrected chi connectivity index (χ0v) is 7.75. The van der Waals surface area contributed by atoms with E-state index in [0.717, 1.165) is 12.8 Å². The first-order valence-corrected chi connectivity index (χ1v) is 4.54. The minimum absolute atomic E-state index is 0.0119. The van der Waals surface area contributed by atoms with Crippen LogP contribution < -0.4 is 0 Å². The van der Waals surface area contributed by atoms with Crippen molar-refractivity contribution in [1.29, 1.82) is 0 Å². The molecule has 1 aliphatic carbocycles. The Morgan fingerprint density at radius 1 is 1.50 bits per heavy atom. The summed E-state index contributed by atoms with van der Waals surface area (Å²) in [6, 6.07) is 0. The van der Waals surface area contributed by atoms with Crippen LogP contribution in [0.25, 0.3) is 0 Å². The summed E-state index contributed by atoms with van der Waals surface area (Å²) in [6.07, 6.45) is 7.37. The summed E-state index contributed by atoms with van der Waals surface area (Å²) in [5, 5.41) is 0. The van der Waals surface area contributed by atoms with E-state index in [1.54, 1.807) is 0 Å². The van der Waals surface area contributed by atoms with Crippen molar-refractivity contribution in [3.63, 3.8) is 0 Å². The average Bonchev–Trinajstić information content (AvgIpc) is 2.17. The molecule has 1 aliphatic rings. The molecule has 0 saturated heterocycles. The van der Waals surface area contributed by atoms with Gasteiger partial charge >= 0.3 is 5.97 Å². The fraction of sp³-hybridized carbons (Fsp3) is 0.700. The zero-order valence-electron chi connectivity index (χ0n) is 7.75. The summed E-state index contributed by atoms with van der Waals surface area (Å²) >= 11 is 0. The van der Waals surface area contributed by atoms with Crippen LogP contribution in [0.5, 0.6) is 0 Å². The van der Waals surface area contributed by atoms with Crippen LogP contribution in [0.15, 0.2) is 12.2 Å². The number of ether oxygens (including phenoxy) is 1. The molecule has 2 nitrogen and oxygen atoms in total. The van der Waals surface area contributed by atoms with Crippen LogP contribution >= 0.6 is 0 Å². The second-order valence-electron chi connectivity index (χ2n) is 3.26. The zero-order chi connectivity index (χ0) is 8.97. The Hall–Kier alpha value is -0.790. The van der Waals surface area contributed by atoms with Gasteiger partial charge in [-0.2, -0.15) is 0 Å². The van der Waals surface area contributed by atoms with Crippen LogP contribution in [0.1, 0.15) is 26.2 Å². The molecule has 2 atom stereocenters. The number of hydrogen-bond donors (Lipinski definition) is 0. The standard InChI is InChI=1S/C10H16O2/c1-3-8-4-6-9(7-5-8)10(11)12-2/h4,6,8-9H,3,5,7H2,1-2H3. The molecule has 0 bridgehead atoms. The maximum absolute atomic E-state index is 11.1. The van der Waals surface area contributed by atoms with E-state index in [0.29, 0.717) is 5.92 Å². The molecule has 2 unspecified atom stereocenters. The summed E-state index contributed by atoms with van der Waals surface area (Å²) in [5.41, 5.74) is 0. The number of carbonyl (C=O) groups excluding carboxylic acids is 1. The fourth-order valence-corrected chi connectivity index (χ4v) is 1.57. The van der Waals surface area contributed by atoms with Gasteiger partial charge < -0.3 is 4.74 Å². The molecule has 1 rings (SSSR count). The van der Waals surface area contributed by atoms with Gasteiger partial charge in [0.2, 0.25) is 0 Å². The lowest BCUT2D eigenvalue weighted by atomic mass is 9.87. The number of allylic oxidation sites excluding steroid dienone is 1. The van der Waals surface area contributed by atoms with Crippen molar-refractivity contribution in [3.8, 4) is 0 Å². The fourth-order valence-electron chi connectivity index (χ4n) is 1.57. The van der Waals surface area contributed by atoms with Gasteiger partial charge in [-0.3, -0.25) is 4.79 Å². The van der Waals surface area contributed by atoms with E-state index < -0.39 is 0 Å². The molecule has 0 fully saturated rings. The molecule has 0 N–H and O–H groups in total. The van der Waals surface area contributed by atoms with Gasteiger partial charge in [0.1, 0.15) is 0 Å². The molecule has 0 amide bonds. The molecule has 0 spiro atoms. The van der Waals surface area contributed by atoms with Crippen LogP contribution in [-0.2, 0) is 9.53 Å². The first kappa shape index (κ1) is 9.30. The molecule has 0 heterocycles. The third kappa shape index (κ3) is 2.10. The van der Waals surface area contributed by atoms with Gasteiger partial charge in [-0.15, -0.1) is 0 Å².